The van der Waals surface area contributed by atoms with Crippen LogP contribution in [0.3, 0.4) is 0 Å². The Morgan fingerprint density at radius 3 is 2.80 bits per heavy atom. The molecular formula is C15H12BrFN2O. The molecule has 20 heavy (non-hydrogen) atoms. The summed E-state index contributed by atoms with van der Waals surface area (Å²) in [6.07, 6.45) is 0. The quantitative estimate of drug-likeness (QED) is 0.916. The Morgan fingerprint density at radius 1 is 1.30 bits per heavy atom. The average molecular weight is 335 g/mol. The first-order chi connectivity index (χ1) is 9.63. The van der Waals surface area contributed by atoms with Crippen LogP contribution < -0.4 is 10.1 Å². The van der Waals surface area contributed by atoms with Gasteiger partial charge in [0.05, 0.1) is 18.4 Å². The number of anilines is 1. The summed E-state index contributed by atoms with van der Waals surface area (Å²) in [4.78, 5) is 0. The maximum atomic E-state index is 13.1. The topological polar surface area (TPSA) is 45.0 Å². The van der Waals surface area contributed by atoms with Gasteiger partial charge in [-0.05, 0) is 36.4 Å². The second kappa shape index (κ2) is 6.40. The largest absolute Gasteiger partial charge is 0.496 e. The molecule has 102 valence electrons. The maximum absolute atomic E-state index is 13.1. The molecule has 0 aliphatic rings. The van der Waals surface area contributed by atoms with E-state index in [-0.39, 0.29) is 5.56 Å². The van der Waals surface area contributed by atoms with Crippen LogP contribution in [0.15, 0.2) is 40.9 Å². The van der Waals surface area contributed by atoms with E-state index in [0.29, 0.717) is 12.2 Å². The first-order valence-electron chi connectivity index (χ1n) is 5.90. The summed E-state index contributed by atoms with van der Waals surface area (Å²) in [7, 11) is 1.60. The van der Waals surface area contributed by atoms with E-state index in [0.717, 1.165) is 15.8 Å². The first-order valence-corrected chi connectivity index (χ1v) is 6.69. The molecule has 0 aliphatic heterocycles. The highest BCUT2D eigenvalue weighted by atomic mass is 79.9. The smallest absolute Gasteiger partial charge is 0.124 e. The highest BCUT2D eigenvalue weighted by Crippen LogP contribution is 2.24. The van der Waals surface area contributed by atoms with Crippen LogP contribution in [-0.2, 0) is 6.54 Å². The number of ether oxygens (including phenoxy) is 1. The van der Waals surface area contributed by atoms with Crippen LogP contribution >= 0.6 is 15.9 Å². The van der Waals surface area contributed by atoms with Crippen LogP contribution in [0.4, 0.5) is 10.1 Å². The van der Waals surface area contributed by atoms with Crippen LogP contribution in [0.25, 0.3) is 0 Å². The molecule has 0 amide bonds. The van der Waals surface area contributed by atoms with Crippen LogP contribution in [0.1, 0.15) is 11.1 Å². The van der Waals surface area contributed by atoms with Gasteiger partial charge in [0.15, 0.2) is 0 Å². The molecule has 0 fully saturated rings. The molecule has 0 bridgehead atoms. The van der Waals surface area contributed by atoms with Gasteiger partial charge in [-0.25, -0.2) is 4.39 Å². The summed E-state index contributed by atoms with van der Waals surface area (Å²) in [6.45, 7) is 0.475. The predicted octanol–water partition coefficient (Wildman–Crippen LogP) is 4.08. The van der Waals surface area contributed by atoms with Crippen molar-refractivity contribution in [3.8, 4) is 11.8 Å². The van der Waals surface area contributed by atoms with Crippen molar-refractivity contribution in [2.45, 2.75) is 6.54 Å². The molecule has 0 radical (unpaired) electrons. The van der Waals surface area contributed by atoms with Gasteiger partial charge >= 0.3 is 0 Å². The normalized spacial score (nSPS) is 9.90. The fourth-order valence-electron chi connectivity index (χ4n) is 1.84. The van der Waals surface area contributed by atoms with Gasteiger partial charge in [-0.2, -0.15) is 5.26 Å². The number of hydrogen-bond donors (Lipinski definition) is 1. The fraction of sp³-hybridized carbons (Fsp3) is 0.133. The zero-order valence-corrected chi connectivity index (χ0v) is 12.4. The molecule has 0 spiro atoms. The lowest BCUT2D eigenvalue weighted by Gasteiger charge is -2.12. The number of methoxy groups -OCH3 is 1. The number of hydrogen-bond acceptors (Lipinski definition) is 3. The van der Waals surface area contributed by atoms with Crippen molar-refractivity contribution >= 4 is 21.6 Å². The van der Waals surface area contributed by atoms with Crippen molar-refractivity contribution in [2.75, 3.05) is 12.4 Å². The number of benzene rings is 2. The maximum Gasteiger partial charge on any atom is 0.124 e. The molecule has 2 rings (SSSR count). The highest BCUT2D eigenvalue weighted by molar-refractivity contribution is 9.10. The van der Waals surface area contributed by atoms with Crippen molar-refractivity contribution in [1.82, 2.24) is 0 Å². The molecule has 0 saturated carbocycles. The Balaban J connectivity index is 2.21. The molecule has 2 aromatic carbocycles. The van der Waals surface area contributed by atoms with Gasteiger partial charge in [0.25, 0.3) is 0 Å². The summed E-state index contributed by atoms with van der Waals surface area (Å²) < 4.78 is 19.3. The summed E-state index contributed by atoms with van der Waals surface area (Å²) in [6, 6.07) is 11.7. The van der Waals surface area contributed by atoms with Crippen molar-refractivity contribution in [2.24, 2.45) is 0 Å². The molecule has 5 heteroatoms. The summed E-state index contributed by atoms with van der Waals surface area (Å²) in [5.74, 6) is 0.327. The summed E-state index contributed by atoms with van der Waals surface area (Å²) >= 11 is 3.40. The molecular weight excluding hydrogens is 323 g/mol. The third kappa shape index (κ3) is 3.28. The standard InChI is InChI=1S/C15H12BrFN2O/c1-20-15-5-2-12(16)6-11(15)9-19-14-4-3-13(17)7-10(14)8-18/h2-7,19H,9H2,1H3. The molecule has 0 aliphatic carbocycles. The van der Waals surface area contributed by atoms with Crippen LogP contribution in [0.2, 0.25) is 0 Å². The minimum atomic E-state index is -0.424. The van der Waals surface area contributed by atoms with Gasteiger partial charge in [0, 0.05) is 16.6 Å². The van der Waals surface area contributed by atoms with Gasteiger partial charge < -0.3 is 10.1 Å². The van der Waals surface area contributed by atoms with Gasteiger partial charge in [-0.15, -0.1) is 0 Å². The average Bonchev–Trinajstić information content (AvgIpc) is 2.46. The number of nitrogens with zero attached hydrogens (tertiary/aromatic N) is 1. The molecule has 0 saturated heterocycles. The van der Waals surface area contributed by atoms with Crippen molar-refractivity contribution in [1.29, 1.82) is 5.26 Å². The number of nitrogens with one attached hydrogen (secondary N) is 1. The van der Waals surface area contributed by atoms with E-state index in [1.54, 1.807) is 13.2 Å². The molecule has 0 unspecified atom stereocenters. The monoisotopic (exact) mass is 334 g/mol. The molecule has 1 N–H and O–H groups in total. The van der Waals surface area contributed by atoms with E-state index in [9.17, 15) is 4.39 Å². The minimum absolute atomic E-state index is 0.277. The van der Waals surface area contributed by atoms with E-state index in [4.69, 9.17) is 10.00 Å². The molecule has 3 nitrogen and oxygen atoms in total. The van der Waals surface area contributed by atoms with Crippen molar-refractivity contribution in [3.05, 3.63) is 57.8 Å². The number of halogens is 2. The zero-order chi connectivity index (χ0) is 14.5. The van der Waals surface area contributed by atoms with Crippen LogP contribution in [-0.4, -0.2) is 7.11 Å². The molecule has 2 aromatic rings. The highest BCUT2D eigenvalue weighted by Gasteiger charge is 2.07. The van der Waals surface area contributed by atoms with E-state index in [1.165, 1.54) is 12.1 Å². The first kappa shape index (κ1) is 14.4. The lowest BCUT2D eigenvalue weighted by Crippen LogP contribution is -2.03. The summed E-state index contributed by atoms with van der Waals surface area (Å²) in [5, 5.41) is 12.1. The van der Waals surface area contributed by atoms with E-state index < -0.39 is 5.82 Å². The van der Waals surface area contributed by atoms with Crippen molar-refractivity contribution < 1.29 is 9.13 Å². The second-order valence-electron chi connectivity index (χ2n) is 4.11. The lowest BCUT2D eigenvalue weighted by atomic mass is 10.1. The lowest BCUT2D eigenvalue weighted by molar-refractivity contribution is 0.410. The van der Waals surface area contributed by atoms with Crippen LogP contribution in [0, 0.1) is 17.1 Å². The third-order valence-electron chi connectivity index (χ3n) is 2.81. The SMILES string of the molecule is COc1ccc(Br)cc1CNc1ccc(F)cc1C#N. The molecule has 0 atom stereocenters. The number of rotatable bonds is 4. The van der Waals surface area contributed by atoms with Gasteiger partial charge in [0.1, 0.15) is 17.6 Å². The molecule has 0 aromatic heterocycles. The Morgan fingerprint density at radius 2 is 2.10 bits per heavy atom. The Labute approximate surface area is 125 Å². The predicted molar refractivity (Wildman–Crippen MR) is 79.1 cm³/mol. The fourth-order valence-corrected chi connectivity index (χ4v) is 2.25. The van der Waals surface area contributed by atoms with Gasteiger partial charge in [-0.3, -0.25) is 0 Å². The number of nitriles is 1. The summed E-state index contributed by atoms with van der Waals surface area (Å²) in [5.41, 5.74) is 1.81. The van der Waals surface area contributed by atoms with Gasteiger partial charge in [0.2, 0.25) is 0 Å². The Bertz CT molecular complexity index is 667. The second-order valence-corrected chi connectivity index (χ2v) is 5.03. The van der Waals surface area contributed by atoms with Gasteiger partial charge in [-0.1, -0.05) is 15.9 Å². The molecule has 0 heterocycles. The zero-order valence-electron chi connectivity index (χ0n) is 10.8. The Kier molecular flexibility index (Phi) is 4.59. The van der Waals surface area contributed by atoms with E-state index in [1.807, 2.05) is 24.3 Å². The van der Waals surface area contributed by atoms with Crippen molar-refractivity contribution in [3.63, 3.8) is 0 Å². The van der Waals surface area contributed by atoms with Crippen LogP contribution in [0.5, 0.6) is 5.75 Å². The Hall–Kier alpha value is -2.06. The third-order valence-corrected chi connectivity index (χ3v) is 3.31. The van der Waals surface area contributed by atoms with E-state index >= 15 is 0 Å². The minimum Gasteiger partial charge on any atom is -0.496 e. The van der Waals surface area contributed by atoms with E-state index in [2.05, 4.69) is 21.2 Å².